The first-order valence-corrected chi connectivity index (χ1v) is 4.91. The van der Waals surface area contributed by atoms with Crippen LogP contribution < -0.4 is 0 Å². The Morgan fingerprint density at radius 3 is 2.88 bits per heavy atom. The molecule has 0 spiro atoms. The van der Waals surface area contributed by atoms with Gasteiger partial charge in [-0.25, -0.2) is 0 Å². The van der Waals surface area contributed by atoms with Crippen LogP contribution in [0.5, 0.6) is 0 Å². The highest BCUT2D eigenvalue weighted by Gasteiger charge is 2.00. The fourth-order valence-corrected chi connectivity index (χ4v) is 1.07. The van der Waals surface area contributed by atoms with Crippen LogP contribution in [0.25, 0.3) is 6.08 Å². The first-order valence-electron chi connectivity index (χ1n) is 4.91. The van der Waals surface area contributed by atoms with Gasteiger partial charge in [0.1, 0.15) is 5.76 Å². The van der Waals surface area contributed by atoms with Gasteiger partial charge in [0.2, 0.25) is 0 Å². The molecule has 0 saturated carbocycles. The van der Waals surface area contributed by atoms with Gasteiger partial charge in [-0.1, -0.05) is 18.2 Å². The van der Waals surface area contributed by atoms with Crippen LogP contribution in [-0.2, 0) is 4.79 Å². The van der Waals surface area contributed by atoms with Crippen molar-refractivity contribution in [1.29, 1.82) is 5.26 Å². The molecular formula is C13H11NO3. The van der Waals surface area contributed by atoms with E-state index in [1.807, 2.05) is 12.1 Å². The lowest BCUT2D eigenvalue weighted by Crippen LogP contribution is -1.95. The molecule has 0 bridgehead atoms. The zero-order chi connectivity index (χ0) is 12.5. The molecule has 0 unspecified atom stereocenters. The average Bonchev–Trinajstić information content (AvgIpc) is 2.79. The number of carboxylic acids is 1. The Kier molecular flexibility index (Phi) is 5.05. The maximum absolute atomic E-state index is 10.4. The van der Waals surface area contributed by atoms with Crippen molar-refractivity contribution in [2.24, 2.45) is 0 Å². The normalized spacial score (nSPS) is 12.1. The molecule has 0 saturated heterocycles. The predicted octanol–water partition coefficient (Wildman–Crippen LogP) is 2.77. The molecular weight excluding hydrogens is 218 g/mol. The molecule has 0 aliphatic carbocycles. The van der Waals surface area contributed by atoms with Crippen molar-refractivity contribution >= 4 is 12.0 Å². The molecule has 1 aromatic rings. The number of carboxylic acid groups (broad SMARTS) is 1. The Bertz CT molecular complexity index is 487. The van der Waals surface area contributed by atoms with E-state index in [1.165, 1.54) is 6.08 Å². The van der Waals surface area contributed by atoms with Gasteiger partial charge < -0.3 is 9.52 Å². The number of hydrogen-bond donors (Lipinski definition) is 1. The minimum atomic E-state index is -1.02. The Morgan fingerprint density at radius 2 is 2.29 bits per heavy atom. The molecule has 0 radical (unpaired) electrons. The summed E-state index contributed by atoms with van der Waals surface area (Å²) in [5.74, 6) is -0.290. The van der Waals surface area contributed by atoms with Gasteiger partial charge in [0.25, 0.3) is 0 Å². The summed E-state index contributed by atoms with van der Waals surface area (Å²) >= 11 is 0. The van der Waals surface area contributed by atoms with Crippen molar-refractivity contribution in [3.8, 4) is 6.07 Å². The van der Waals surface area contributed by atoms with Crippen LogP contribution in [0.15, 0.2) is 52.7 Å². The van der Waals surface area contributed by atoms with Crippen molar-refractivity contribution in [2.45, 2.75) is 6.42 Å². The molecule has 1 N–H and O–H groups in total. The molecule has 0 aromatic carbocycles. The monoisotopic (exact) mass is 229 g/mol. The number of hydrogen-bond acceptors (Lipinski definition) is 3. The first-order chi connectivity index (χ1) is 8.22. The predicted molar refractivity (Wildman–Crippen MR) is 62.8 cm³/mol. The van der Waals surface area contributed by atoms with Crippen molar-refractivity contribution < 1.29 is 14.3 Å². The quantitative estimate of drug-likeness (QED) is 0.622. The molecule has 0 amide bonds. The summed E-state index contributed by atoms with van der Waals surface area (Å²) < 4.78 is 5.07. The van der Waals surface area contributed by atoms with E-state index >= 15 is 0 Å². The number of furan rings is 1. The number of rotatable bonds is 5. The van der Waals surface area contributed by atoms with E-state index in [1.54, 1.807) is 36.6 Å². The Balaban J connectivity index is 2.51. The standard InChI is InChI=1S/C13H11NO3/c14-10-11(9-13(15)16)5-2-1-3-6-12-7-4-8-17-12/h1-8H,9H2,(H,15,16)/b2-1+,6-3+,11-5-. The number of aliphatic carboxylic acids is 1. The van der Waals surface area contributed by atoms with Gasteiger partial charge in [-0.05, 0) is 24.3 Å². The highest BCUT2D eigenvalue weighted by Crippen LogP contribution is 2.03. The molecule has 86 valence electrons. The number of nitriles is 1. The smallest absolute Gasteiger partial charge is 0.308 e. The lowest BCUT2D eigenvalue weighted by molar-refractivity contribution is -0.136. The molecule has 17 heavy (non-hydrogen) atoms. The minimum absolute atomic E-state index is 0.208. The third-order valence-electron chi connectivity index (χ3n) is 1.81. The number of carbonyl (C=O) groups is 1. The van der Waals surface area contributed by atoms with Crippen LogP contribution in [0.4, 0.5) is 0 Å². The van der Waals surface area contributed by atoms with E-state index < -0.39 is 5.97 Å². The molecule has 0 aliphatic heterocycles. The number of allylic oxidation sites excluding steroid dienone is 4. The molecule has 1 heterocycles. The van der Waals surface area contributed by atoms with Crippen LogP contribution in [-0.4, -0.2) is 11.1 Å². The van der Waals surface area contributed by atoms with E-state index in [-0.39, 0.29) is 12.0 Å². The van der Waals surface area contributed by atoms with Crippen LogP contribution in [0.3, 0.4) is 0 Å². The lowest BCUT2D eigenvalue weighted by Gasteiger charge is -1.88. The summed E-state index contributed by atoms with van der Waals surface area (Å²) in [5, 5.41) is 17.1. The van der Waals surface area contributed by atoms with Crippen LogP contribution in [0.1, 0.15) is 12.2 Å². The number of nitrogens with zero attached hydrogens (tertiary/aromatic N) is 1. The van der Waals surface area contributed by atoms with E-state index in [0.717, 1.165) is 5.76 Å². The summed E-state index contributed by atoms with van der Waals surface area (Å²) in [4.78, 5) is 10.4. The molecule has 0 atom stereocenters. The third kappa shape index (κ3) is 5.19. The highest BCUT2D eigenvalue weighted by atomic mass is 16.4. The molecule has 4 heteroatoms. The van der Waals surface area contributed by atoms with E-state index in [9.17, 15) is 4.79 Å². The summed E-state index contributed by atoms with van der Waals surface area (Å²) in [6.07, 6.45) is 9.59. The van der Waals surface area contributed by atoms with Crippen LogP contribution in [0, 0.1) is 11.3 Å². The molecule has 0 fully saturated rings. The highest BCUT2D eigenvalue weighted by molar-refractivity contribution is 5.71. The second-order valence-corrected chi connectivity index (χ2v) is 3.13. The van der Waals surface area contributed by atoms with E-state index in [2.05, 4.69) is 0 Å². The second kappa shape index (κ2) is 6.85. The fraction of sp³-hybridized carbons (Fsp3) is 0.0769. The van der Waals surface area contributed by atoms with Gasteiger partial charge in [0.05, 0.1) is 18.8 Å². The fourth-order valence-electron chi connectivity index (χ4n) is 1.07. The van der Waals surface area contributed by atoms with Gasteiger partial charge >= 0.3 is 5.97 Å². The van der Waals surface area contributed by atoms with Gasteiger partial charge in [-0.15, -0.1) is 0 Å². The molecule has 0 aliphatic rings. The van der Waals surface area contributed by atoms with Gasteiger partial charge in [-0.3, -0.25) is 4.79 Å². The largest absolute Gasteiger partial charge is 0.481 e. The first kappa shape index (κ1) is 12.5. The van der Waals surface area contributed by atoms with Crippen LogP contribution in [0.2, 0.25) is 0 Å². The minimum Gasteiger partial charge on any atom is -0.481 e. The van der Waals surface area contributed by atoms with Crippen molar-refractivity contribution in [3.05, 3.63) is 54.0 Å². The molecule has 1 aromatic heterocycles. The Hall–Kier alpha value is -2.54. The summed E-state index contributed by atoms with van der Waals surface area (Å²) in [5.41, 5.74) is 0.208. The molecule has 1 rings (SSSR count). The summed E-state index contributed by atoms with van der Waals surface area (Å²) in [6.45, 7) is 0. The zero-order valence-electron chi connectivity index (χ0n) is 9.04. The Morgan fingerprint density at radius 1 is 1.47 bits per heavy atom. The third-order valence-corrected chi connectivity index (χ3v) is 1.81. The van der Waals surface area contributed by atoms with Crippen LogP contribution >= 0.6 is 0 Å². The van der Waals surface area contributed by atoms with Crippen molar-refractivity contribution in [2.75, 3.05) is 0 Å². The van der Waals surface area contributed by atoms with E-state index in [0.29, 0.717) is 0 Å². The van der Waals surface area contributed by atoms with Gasteiger partial charge in [0, 0.05) is 5.57 Å². The van der Waals surface area contributed by atoms with E-state index in [4.69, 9.17) is 14.8 Å². The lowest BCUT2D eigenvalue weighted by atomic mass is 10.2. The SMILES string of the molecule is N#C\C(=C/C=C/C=C/c1ccco1)CC(=O)O. The topological polar surface area (TPSA) is 74.2 Å². The summed E-state index contributed by atoms with van der Waals surface area (Å²) in [6, 6.07) is 5.42. The van der Waals surface area contributed by atoms with Crippen molar-refractivity contribution in [3.63, 3.8) is 0 Å². The van der Waals surface area contributed by atoms with Gasteiger partial charge in [0.15, 0.2) is 0 Å². The maximum Gasteiger partial charge on any atom is 0.308 e. The maximum atomic E-state index is 10.4. The van der Waals surface area contributed by atoms with Gasteiger partial charge in [-0.2, -0.15) is 5.26 Å². The average molecular weight is 229 g/mol. The summed E-state index contributed by atoms with van der Waals surface area (Å²) in [7, 11) is 0. The second-order valence-electron chi connectivity index (χ2n) is 3.13. The zero-order valence-corrected chi connectivity index (χ0v) is 9.04. The Labute approximate surface area is 98.8 Å². The van der Waals surface area contributed by atoms with Crippen molar-refractivity contribution in [1.82, 2.24) is 0 Å². The molecule has 4 nitrogen and oxygen atoms in total.